The number of benzene rings is 2. The quantitative estimate of drug-likeness (QED) is 0.571. The van der Waals surface area contributed by atoms with Crippen molar-refractivity contribution in [1.29, 1.82) is 0 Å². The molecule has 0 radical (unpaired) electrons. The molecule has 0 aliphatic heterocycles. The van der Waals surface area contributed by atoms with Crippen LogP contribution in [0, 0.1) is 0 Å². The van der Waals surface area contributed by atoms with Crippen LogP contribution < -0.4 is 0 Å². The van der Waals surface area contributed by atoms with Gasteiger partial charge in [0.25, 0.3) is 0 Å². The van der Waals surface area contributed by atoms with Crippen LogP contribution in [0.3, 0.4) is 0 Å². The Kier molecular flexibility index (Phi) is 6.57. The lowest BCUT2D eigenvalue weighted by Gasteiger charge is -2.15. The first kappa shape index (κ1) is 17.0. The Morgan fingerprint density at radius 3 is 1.78 bits per heavy atom. The van der Waals surface area contributed by atoms with Gasteiger partial charge in [0.05, 0.1) is 18.8 Å². The van der Waals surface area contributed by atoms with Gasteiger partial charge >= 0.3 is 5.97 Å². The van der Waals surface area contributed by atoms with E-state index in [4.69, 9.17) is 9.47 Å². The highest BCUT2D eigenvalue weighted by Gasteiger charge is 2.19. The molecule has 0 spiro atoms. The highest BCUT2D eigenvalue weighted by atomic mass is 16.5. The number of ether oxygens (including phenoxy) is 2. The number of carbonyl (C=O) groups excluding carboxylic acids is 1. The molecule has 120 valence electrons. The van der Waals surface area contributed by atoms with Crippen molar-refractivity contribution in [1.82, 2.24) is 0 Å². The van der Waals surface area contributed by atoms with E-state index < -0.39 is 0 Å². The van der Waals surface area contributed by atoms with Crippen molar-refractivity contribution in [2.75, 3.05) is 19.8 Å². The van der Waals surface area contributed by atoms with Crippen LogP contribution in [0.25, 0.3) is 5.57 Å². The Morgan fingerprint density at radius 2 is 1.35 bits per heavy atom. The van der Waals surface area contributed by atoms with Gasteiger partial charge < -0.3 is 9.47 Å². The minimum Gasteiger partial charge on any atom is -0.463 e. The van der Waals surface area contributed by atoms with Gasteiger partial charge in [-0.1, -0.05) is 60.7 Å². The number of carbonyl (C=O) groups is 1. The molecule has 2 aromatic carbocycles. The average Bonchev–Trinajstić information content (AvgIpc) is 2.60. The van der Waals surface area contributed by atoms with E-state index in [2.05, 4.69) is 0 Å². The monoisotopic (exact) mass is 310 g/mol. The molecule has 0 N–H and O–H groups in total. The molecule has 3 nitrogen and oxygen atoms in total. The Morgan fingerprint density at radius 1 is 0.826 bits per heavy atom. The molecule has 0 aliphatic carbocycles. The second kappa shape index (κ2) is 8.91. The van der Waals surface area contributed by atoms with E-state index in [-0.39, 0.29) is 12.6 Å². The lowest BCUT2D eigenvalue weighted by Crippen LogP contribution is -2.15. The van der Waals surface area contributed by atoms with Gasteiger partial charge in [0.15, 0.2) is 0 Å². The minimum atomic E-state index is -0.330. The fourth-order valence-electron chi connectivity index (χ4n) is 2.38. The summed E-state index contributed by atoms with van der Waals surface area (Å²) in [5.74, 6) is -0.330. The smallest absolute Gasteiger partial charge is 0.337 e. The van der Waals surface area contributed by atoms with Crippen molar-refractivity contribution in [3.63, 3.8) is 0 Å². The molecule has 0 bridgehead atoms. The number of hydrogen-bond acceptors (Lipinski definition) is 3. The Labute approximate surface area is 137 Å². The van der Waals surface area contributed by atoms with Crippen LogP contribution in [0.2, 0.25) is 0 Å². The molecule has 0 amide bonds. The molecule has 23 heavy (non-hydrogen) atoms. The van der Waals surface area contributed by atoms with Crippen LogP contribution in [-0.2, 0) is 14.3 Å². The van der Waals surface area contributed by atoms with E-state index in [0.29, 0.717) is 18.8 Å². The molecule has 0 atom stereocenters. The summed E-state index contributed by atoms with van der Waals surface area (Å²) in [6.07, 6.45) is 0. The van der Waals surface area contributed by atoms with Crippen LogP contribution in [0.5, 0.6) is 0 Å². The van der Waals surface area contributed by atoms with Crippen molar-refractivity contribution in [2.45, 2.75) is 13.8 Å². The molecule has 2 aromatic rings. The molecular weight excluding hydrogens is 288 g/mol. The van der Waals surface area contributed by atoms with Gasteiger partial charge in [0.2, 0.25) is 0 Å². The first-order valence-electron chi connectivity index (χ1n) is 7.86. The Balaban J connectivity index is 2.61. The van der Waals surface area contributed by atoms with E-state index in [1.807, 2.05) is 67.6 Å². The first-order chi connectivity index (χ1) is 11.3. The maximum absolute atomic E-state index is 12.5. The van der Waals surface area contributed by atoms with E-state index in [1.165, 1.54) is 0 Å². The summed E-state index contributed by atoms with van der Waals surface area (Å²) in [7, 11) is 0. The second-order valence-corrected chi connectivity index (χ2v) is 4.94. The third kappa shape index (κ3) is 4.54. The van der Waals surface area contributed by atoms with Gasteiger partial charge in [-0.3, -0.25) is 0 Å². The van der Waals surface area contributed by atoms with Crippen LogP contribution >= 0.6 is 0 Å². The van der Waals surface area contributed by atoms with Crippen molar-refractivity contribution < 1.29 is 14.3 Å². The summed E-state index contributed by atoms with van der Waals surface area (Å²) in [5, 5.41) is 0. The Hall–Kier alpha value is -2.39. The molecule has 0 saturated heterocycles. The molecule has 0 heterocycles. The predicted molar refractivity (Wildman–Crippen MR) is 92.0 cm³/mol. The van der Waals surface area contributed by atoms with Gasteiger partial charge in [-0.15, -0.1) is 0 Å². The minimum absolute atomic E-state index is 0.231. The number of hydrogen-bond donors (Lipinski definition) is 0. The standard InChI is InChI=1S/C20H22O3/c1-3-22-15-18(20(21)23-4-2)19(16-11-7-5-8-12-16)17-13-9-6-10-14-17/h5-14H,3-4,15H2,1-2H3. The second-order valence-electron chi connectivity index (χ2n) is 4.94. The third-order valence-corrected chi connectivity index (χ3v) is 3.40. The van der Waals surface area contributed by atoms with Gasteiger partial charge in [-0.25, -0.2) is 4.79 Å². The summed E-state index contributed by atoms with van der Waals surface area (Å²) in [5.41, 5.74) is 3.35. The molecule has 0 aromatic heterocycles. The number of esters is 1. The zero-order chi connectivity index (χ0) is 16.5. The fourth-order valence-corrected chi connectivity index (χ4v) is 2.38. The van der Waals surface area contributed by atoms with Gasteiger partial charge in [-0.05, 0) is 25.0 Å². The summed E-state index contributed by atoms with van der Waals surface area (Å²) < 4.78 is 10.8. The van der Waals surface area contributed by atoms with E-state index in [1.54, 1.807) is 6.92 Å². The van der Waals surface area contributed by atoms with E-state index in [9.17, 15) is 4.79 Å². The topological polar surface area (TPSA) is 35.5 Å². The summed E-state index contributed by atoms with van der Waals surface area (Å²) >= 11 is 0. The highest BCUT2D eigenvalue weighted by Crippen LogP contribution is 2.27. The summed E-state index contributed by atoms with van der Waals surface area (Å²) in [6.45, 7) is 4.83. The molecule has 0 saturated carbocycles. The van der Waals surface area contributed by atoms with Crippen molar-refractivity contribution in [3.05, 3.63) is 77.4 Å². The van der Waals surface area contributed by atoms with E-state index in [0.717, 1.165) is 16.7 Å². The maximum Gasteiger partial charge on any atom is 0.337 e. The van der Waals surface area contributed by atoms with Crippen LogP contribution in [0.15, 0.2) is 66.2 Å². The molecular formula is C20H22O3. The van der Waals surface area contributed by atoms with Crippen molar-refractivity contribution in [2.24, 2.45) is 0 Å². The first-order valence-corrected chi connectivity index (χ1v) is 7.86. The normalized spacial score (nSPS) is 10.2. The zero-order valence-electron chi connectivity index (χ0n) is 13.6. The predicted octanol–water partition coefficient (Wildman–Crippen LogP) is 4.09. The highest BCUT2D eigenvalue weighted by molar-refractivity contribution is 6.02. The third-order valence-electron chi connectivity index (χ3n) is 3.40. The van der Waals surface area contributed by atoms with Gasteiger partial charge in [0, 0.05) is 12.2 Å². The number of rotatable bonds is 7. The fraction of sp³-hybridized carbons (Fsp3) is 0.250. The summed E-state index contributed by atoms with van der Waals surface area (Å²) in [4.78, 5) is 12.5. The molecule has 3 heteroatoms. The molecule has 2 rings (SSSR count). The lowest BCUT2D eigenvalue weighted by molar-refractivity contribution is -0.139. The van der Waals surface area contributed by atoms with Crippen LogP contribution in [-0.4, -0.2) is 25.8 Å². The average molecular weight is 310 g/mol. The largest absolute Gasteiger partial charge is 0.463 e. The van der Waals surface area contributed by atoms with Crippen LogP contribution in [0.1, 0.15) is 25.0 Å². The van der Waals surface area contributed by atoms with Gasteiger partial charge in [-0.2, -0.15) is 0 Å². The molecule has 0 fully saturated rings. The maximum atomic E-state index is 12.5. The van der Waals surface area contributed by atoms with Crippen LogP contribution in [0.4, 0.5) is 0 Å². The van der Waals surface area contributed by atoms with Crippen molar-refractivity contribution in [3.8, 4) is 0 Å². The zero-order valence-corrected chi connectivity index (χ0v) is 13.6. The lowest BCUT2D eigenvalue weighted by atomic mass is 9.93. The summed E-state index contributed by atoms with van der Waals surface area (Å²) in [6, 6.07) is 19.7. The van der Waals surface area contributed by atoms with E-state index >= 15 is 0 Å². The molecule has 0 unspecified atom stereocenters. The van der Waals surface area contributed by atoms with Crippen molar-refractivity contribution >= 4 is 11.5 Å². The van der Waals surface area contributed by atoms with Gasteiger partial charge in [0.1, 0.15) is 0 Å². The molecule has 0 aliphatic rings. The Bertz CT molecular complexity index is 604. The SMILES string of the molecule is CCOCC(C(=O)OCC)=C(c1ccccc1)c1ccccc1.